The zero-order valence-electron chi connectivity index (χ0n) is 10.7. The second-order valence-corrected chi connectivity index (χ2v) is 5.50. The molecule has 3 unspecified atom stereocenters. The van der Waals surface area contributed by atoms with Crippen molar-refractivity contribution in [2.24, 2.45) is 0 Å². The lowest BCUT2D eigenvalue weighted by Gasteiger charge is -2.42. The van der Waals surface area contributed by atoms with Crippen molar-refractivity contribution in [1.82, 2.24) is 5.32 Å². The number of ether oxygens (including phenoxy) is 1. The molecule has 0 bridgehead atoms. The minimum absolute atomic E-state index is 0.0726. The largest absolute Gasteiger partial charge is 0.364 e. The van der Waals surface area contributed by atoms with E-state index in [-0.39, 0.29) is 11.7 Å². The van der Waals surface area contributed by atoms with E-state index in [2.05, 4.69) is 26.1 Å². The molecule has 1 aliphatic heterocycles. The fraction of sp³-hybridized carbons (Fsp3) is 0.571. The lowest BCUT2D eigenvalue weighted by Crippen LogP contribution is -2.52. The van der Waals surface area contributed by atoms with Gasteiger partial charge in [-0.15, -0.1) is 0 Å². The summed E-state index contributed by atoms with van der Waals surface area (Å²) in [5, 5.41) is 4.30. The van der Waals surface area contributed by atoms with E-state index in [0.717, 1.165) is 18.0 Å². The predicted molar refractivity (Wildman–Crippen MR) is 71.4 cm³/mol. The van der Waals surface area contributed by atoms with Crippen LogP contribution in [-0.4, -0.2) is 18.2 Å². The molecule has 0 amide bonds. The van der Waals surface area contributed by atoms with Crippen molar-refractivity contribution in [3.8, 4) is 0 Å². The SMILES string of the molecule is CCC1(C)CNC(C)C(c2ccc(Cl)cc2)O1. The summed E-state index contributed by atoms with van der Waals surface area (Å²) < 4.78 is 6.26. The minimum Gasteiger partial charge on any atom is -0.364 e. The summed E-state index contributed by atoms with van der Waals surface area (Å²) >= 11 is 5.91. The first kappa shape index (κ1) is 12.9. The number of halogens is 1. The van der Waals surface area contributed by atoms with Crippen molar-refractivity contribution in [2.75, 3.05) is 6.54 Å². The highest BCUT2D eigenvalue weighted by Gasteiger charge is 2.35. The summed E-state index contributed by atoms with van der Waals surface area (Å²) in [6.07, 6.45) is 1.11. The summed E-state index contributed by atoms with van der Waals surface area (Å²) in [4.78, 5) is 0. The number of hydrogen-bond acceptors (Lipinski definition) is 2. The second kappa shape index (κ2) is 4.97. The molecule has 1 aromatic rings. The van der Waals surface area contributed by atoms with Crippen LogP contribution in [0.4, 0.5) is 0 Å². The maximum Gasteiger partial charge on any atom is 0.0983 e. The Morgan fingerprint density at radius 1 is 1.41 bits per heavy atom. The molecule has 1 fully saturated rings. The molecule has 17 heavy (non-hydrogen) atoms. The zero-order chi connectivity index (χ0) is 12.5. The van der Waals surface area contributed by atoms with Crippen LogP contribution in [0.1, 0.15) is 38.9 Å². The van der Waals surface area contributed by atoms with Crippen LogP contribution in [0.15, 0.2) is 24.3 Å². The summed E-state index contributed by atoms with van der Waals surface area (Å²) in [5.41, 5.74) is 1.12. The molecule has 1 N–H and O–H groups in total. The van der Waals surface area contributed by atoms with Gasteiger partial charge in [0, 0.05) is 17.6 Å². The topological polar surface area (TPSA) is 21.3 Å². The lowest BCUT2D eigenvalue weighted by atomic mass is 9.95. The summed E-state index contributed by atoms with van der Waals surface area (Å²) in [5.74, 6) is 0. The van der Waals surface area contributed by atoms with E-state index in [0.29, 0.717) is 6.04 Å². The fourth-order valence-corrected chi connectivity index (χ4v) is 2.28. The van der Waals surface area contributed by atoms with Gasteiger partial charge in [-0.1, -0.05) is 30.7 Å². The molecule has 94 valence electrons. The molecule has 1 heterocycles. The standard InChI is InChI=1S/C14H20ClNO/c1-4-14(3)9-16-10(2)13(17-14)11-5-7-12(15)8-6-11/h5-8,10,13,16H,4,9H2,1-3H3. The molecule has 1 aromatic carbocycles. The molecule has 0 radical (unpaired) electrons. The van der Waals surface area contributed by atoms with Gasteiger partial charge in [0.25, 0.3) is 0 Å². The molecule has 0 aliphatic carbocycles. The molecule has 0 saturated carbocycles. The van der Waals surface area contributed by atoms with Crippen molar-refractivity contribution >= 4 is 11.6 Å². The predicted octanol–water partition coefficient (Wildman–Crippen LogP) is 3.56. The van der Waals surface area contributed by atoms with E-state index >= 15 is 0 Å². The highest BCUT2D eigenvalue weighted by Crippen LogP contribution is 2.33. The molecule has 2 rings (SSSR count). The first-order valence-corrected chi connectivity index (χ1v) is 6.58. The Labute approximate surface area is 108 Å². The number of rotatable bonds is 2. The Morgan fingerprint density at radius 2 is 2.06 bits per heavy atom. The van der Waals surface area contributed by atoms with Gasteiger partial charge in [0.05, 0.1) is 11.7 Å². The normalized spacial score (nSPS) is 33.6. The van der Waals surface area contributed by atoms with E-state index in [1.54, 1.807) is 0 Å². The van der Waals surface area contributed by atoms with Gasteiger partial charge in [0.15, 0.2) is 0 Å². The third-order valence-corrected chi connectivity index (χ3v) is 3.86. The van der Waals surface area contributed by atoms with Crippen molar-refractivity contribution < 1.29 is 4.74 Å². The van der Waals surface area contributed by atoms with Crippen molar-refractivity contribution in [3.05, 3.63) is 34.9 Å². The Morgan fingerprint density at radius 3 is 2.65 bits per heavy atom. The molecule has 3 atom stereocenters. The summed E-state index contributed by atoms with van der Waals surface area (Å²) in [6.45, 7) is 7.40. The van der Waals surface area contributed by atoms with E-state index < -0.39 is 0 Å². The van der Waals surface area contributed by atoms with Crippen LogP contribution in [0.25, 0.3) is 0 Å². The number of hydrogen-bond donors (Lipinski definition) is 1. The molecule has 3 heteroatoms. The van der Waals surface area contributed by atoms with E-state index in [9.17, 15) is 0 Å². The fourth-order valence-electron chi connectivity index (χ4n) is 2.15. The Kier molecular flexibility index (Phi) is 3.76. The van der Waals surface area contributed by atoms with Gasteiger partial charge in [0.2, 0.25) is 0 Å². The van der Waals surface area contributed by atoms with Gasteiger partial charge >= 0.3 is 0 Å². The second-order valence-electron chi connectivity index (χ2n) is 5.06. The van der Waals surface area contributed by atoms with E-state index in [1.807, 2.05) is 24.3 Å². The van der Waals surface area contributed by atoms with Crippen LogP contribution in [-0.2, 0) is 4.74 Å². The molecular weight excluding hydrogens is 234 g/mol. The summed E-state index contributed by atoms with van der Waals surface area (Å²) in [7, 11) is 0. The average Bonchev–Trinajstić information content (AvgIpc) is 2.34. The van der Waals surface area contributed by atoms with Crippen LogP contribution in [0.3, 0.4) is 0 Å². The van der Waals surface area contributed by atoms with Crippen molar-refractivity contribution in [1.29, 1.82) is 0 Å². The number of morpholine rings is 1. The molecule has 2 nitrogen and oxygen atoms in total. The smallest absolute Gasteiger partial charge is 0.0983 e. The van der Waals surface area contributed by atoms with Crippen LogP contribution < -0.4 is 5.32 Å². The van der Waals surface area contributed by atoms with Gasteiger partial charge in [0.1, 0.15) is 0 Å². The molecule has 1 aliphatic rings. The monoisotopic (exact) mass is 253 g/mol. The first-order chi connectivity index (χ1) is 8.04. The Hall–Kier alpha value is -0.570. The van der Waals surface area contributed by atoms with E-state index in [1.165, 1.54) is 5.56 Å². The maximum absolute atomic E-state index is 6.26. The third kappa shape index (κ3) is 2.82. The Balaban J connectivity index is 2.20. The molecule has 0 aromatic heterocycles. The average molecular weight is 254 g/mol. The maximum atomic E-state index is 6.26. The van der Waals surface area contributed by atoms with Crippen LogP contribution in [0.5, 0.6) is 0 Å². The minimum atomic E-state index is -0.0726. The van der Waals surface area contributed by atoms with Crippen LogP contribution in [0.2, 0.25) is 5.02 Å². The summed E-state index contributed by atoms with van der Waals surface area (Å²) in [6, 6.07) is 8.27. The van der Waals surface area contributed by atoms with Gasteiger partial charge < -0.3 is 10.1 Å². The zero-order valence-corrected chi connectivity index (χ0v) is 11.4. The van der Waals surface area contributed by atoms with Crippen molar-refractivity contribution in [3.63, 3.8) is 0 Å². The first-order valence-electron chi connectivity index (χ1n) is 6.21. The third-order valence-electron chi connectivity index (χ3n) is 3.61. The van der Waals surface area contributed by atoms with Gasteiger partial charge in [-0.3, -0.25) is 0 Å². The molecular formula is C14H20ClNO. The Bertz CT molecular complexity index is 378. The van der Waals surface area contributed by atoms with Gasteiger partial charge in [-0.2, -0.15) is 0 Å². The lowest BCUT2D eigenvalue weighted by molar-refractivity contribution is -0.126. The van der Waals surface area contributed by atoms with Gasteiger partial charge in [-0.05, 0) is 38.0 Å². The van der Waals surface area contributed by atoms with Crippen molar-refractivity contribution in [2.45, 2.75) is 44.9 Å². The molecule has 0 spiro atoms. The number of benzene rings is 1. The van der Waals surface area contributed by atoms with Gasteiger partial charge in [-0.25, -0.2) is 0 Å². The highest BCUT2D eigenvalue weighted by molar-refractivity contribution is 6.30. The van der Waals surface area contributed by atoms with Crippen LogP contribution >= 0.6 is 11.6 Å². The van der Waals surface area contributed by atoms with Crippen LogP contribution in [0, 0.1) is 0 Å². The number of nitrogens with one attached hydrogen (secondary N) is 1. The molecule has 1 saturated heterocycles. The quantitative estimate of drug-likeness (QED) is 0.870. The van der Waals surface area contributed by atoms with E-state index in [4.69, 9.17) is 16.3 Å². The highest BCUT2D eigenvalue weighted by atomic mass is 35.5.